The van der Waals surface area contributed by atoms with Crippen LogP contribution in [-0.2, 0) is 15.0 Å². The van der Waals surface area contributed by atoms with Crippen molar-refractivity contribution in [2.24, 2.45) is 5.73 Å². The van der Waals surface area contributed by atoms with Crippen molar-refractivity contribution in [2.45, 2.75) is 18.4 Å². The first-order chi connectivity index (χ1) is 13.9. The second-order valence-corrected chi connectivity index (χ2v) is 7.65. The highest BCUT2D eigenvalue weighted by molar-refractivity contribution is 7.10. The molecule has 1 aliphatic heterocycles. The van der Waals surface area contributed by atoms with Crippen LogP contribution in [0.25, 0.3) is 0 Å². The van der Waals surface area contributed by atoms with Crippen LogP contribution in [0.1, 0.15) is 22.9 Å². The van der Waals surface area contributed by atoms with Crippen LogP contribution in [0.3, 0.4) is 0 Å². The summed E-state index contributed by atoms with van der Waals surface area (Å²) in [4.78, 5) is 25.5. The SMILES string of the molecule is C[C@H](N)C(=O)Oc1ccc(C2(c3cccs3)C(=O)Nc3c2ccc(F)c3F)cc1.Cl. The zero-order valence-corrected chi connectivity index (χ0v) is 17.3. The van der Waals surface area contributed by atoms with Gasteiger partial charge < -0.3 is 15.8 Å². The van der Waals surface area contributed by atoms with Gasteiger partial charge in [-0.05, 0) is 42.1 Å². The topological polar surface area (TPSA) is 81.4 Å². The van der Waals surface area contributed by atoms with Gasteiger partial charge in [-0.3, -0.25) is 4.79 Å². The third-order valence-corrected chi connectivity index (χ3v) is 5.84. The Hall–Kier alpha value is -2.81. The fraction of sp³-hybridized carbons (Fsp3) is 0.143. The molecule has 30 heavy (non-hydrogen) atoms. The Labute approximate surface area is 181 Å². The van der Waals surface area contributed by atoms with Crippen molar-refractivity contribution in [1.29, 1.82) is 0 Å². The van der Waals surface area contributed by atoms with Gasteiger partial charge in [-0.25, -0.2) is 13.6 Å². The van der Waals surface area contributed by atoms with Gasteiger partial charge in [0.1, 0.15) is 17.2 Å². The minimum atomic E-state index is -1.35. The number of halogens is 3. The van der Waals surface area contributed by atoms with Crippen LogP contribution in [0.4, 0.5) is 14.5 Å². The average Bonchev–Trinajstić information content (AvgIpc) is 3.32. The van der Waals surface area contributed by atoms with E-state index in [9.17, 15) is 18.4 Å². The molecule has 2 heterocycles. The van der Waals surface area contributed by atoms with Gasteiger partial charge in [-0.1, -0.05) is 24.3 Å². The standard InChI is InChI=1S/C21H16F2N2O3S.ClH/c1-11(24)19(26)28-13-6-4-12(5-7-13)21(16-3-2-10-29-16)14-8-9-15(22)17(23)18(14)25-20(21)27;/h2-11H,24H2,1H3,(H,25,27);1H/t11-,21?;/m0./s1. The number of amides is 1. The summed E-state index contributed by atoms with van der Waals surface area (Å²) in [6.07, 6.45) is 0. The van der Waals surface area contributed by atoms with E-state index in [1.165, 1.54) is 36.5 Å². The number of rotatable bonds is 4. The molecule has 0 saturated heterocycles. The Kier molecular flexibility index (Phi) is 5.94. The molecule has 0 saturated carbocycles. The number of esters is 1. The number of benzene rings is 2. The number of anilines is 1. The van der Waals surface area contributed by atoms with E-state index in [0.717, 1.165) is 6.07 Å². The summed E-state index contributed by atoms with van der Waals surface area (Å²) in [5, 5.41) is 4.30. The van der Waals surface area contributed by atoms with E-state index in [0.29, 0.717) is 16.0 Å². The molecule has 0 bridgehead atoms. The van der Waals surface area contributed by atoms with Crippen LogP contribution < -0.4 is 15.8 Å². The van der Waals surface area contributed by atoms with Crippen LogP contribution in [0.5, 0.6) is 5.75 Å². The molecule has 156 valence electrons. The second kappa shape index (κ2) is 8.14. The fourth-order valence-corrected chi connectivity index (χ4v) is 4.42. The maximum Gasteiger partial charge on any atom is 0.328 e. The highest BCUT2D eigenvalue weighted by Gasteiger charge is 2.51. The number of nitrogens with two attached hydrogens (primary N) is 1. The number of fused-ring (bicyclic) bond motifs is 1. The lowest BCUT2D eigenvalue weighted by molar-refractivity contribution is -0.135. The number of ether oxygens (including phenoxy) is 1. The fourth-order valence-electron chi connectivity index (χ4n) is 3.46. The van der Waals surface area contributed by atoms with Gasteiger partial charge in [0.05, 0.1) is 5.69 Å². The number of carbonyl (C=O) groups is 2. The second-order valence-electron chi connectivity index (χ2n) is 6.70. The molecule has 3 N–H and O–H groups in total. The molecule has 2 aromatic carbocycles. The molecule has 9 heteroatoms. The van der Waals surface area contributed by atoms with Crippen molar-refractivity contribution in [1.82, 2.24) is 0 Å². The predicted molar refractivity (Wildman–Crippen MR) is 112 cm³/mol. The smallest absolute Gasteiger partial charge is 0.328 e. The molecule has 1 unspecified atom stereocenters. The highest BCUT2D eigenvalue weighted by Crippen LogP contribution is 2.50. The van der Waals surface area contributed by atoms with Crippen molar-refractivity contribution in [3.8, 4) is 5.75 Å². The van der Waals surface area contributed by atoms with E-state index in [-0.39, 0.29) is 23.8 Å². The minimum Gasteiger partial charge on any atom is -0.425 e. The van der Waals surface area contributed by atoms with Gasteiger partial charge in [0.25, 0.3) is 0 Å². The van der Waals surface area contributed by atoms with E-state index < -0.39 is 35.0 Å². The minimum absolute atomic E-state index is 0. The van der Waals surface area contributed by atoms with Crippen LogP contribution in [0, 0.1) is 11.6 Å². The molecule has 1 aromatic heterocycles. The summed E-state index contributed by atoms with van der Waals surface area (Å²) in [6.45, 7) is 1.51. The summed E-state index contributed by atoms with van der Waals surface area (Å²) < 4.78 is 33.3. The first-order valence-corrected chi connectivity index (χ1v) is 9.65. The molecule has 1 aliphatic rings. The van der Waals surface area contributed by atoms with Crippen LogP contribution in [-0.4, -0.2) is 17.9 Å². The molecule has 4 rings (SSSR count). The number of hydrogen-bond acceptors (Lipinski definition) is 5. The maximum absolute atomic E-state index is 14.4. The van der Waals surface area contributed by atoms with Crippen LogP contribution in [0.15, 0.2) is 53.9 Å². The number of nitrogens with one attached hydrogen (secondary N) is 1. The lowest BCUT2D eigenvalue weighted by Gasteiger charge is -2.27. The van der Waals surface area contributed by atoms with E-state index >= 15 is 0 Å². The Morgan fingerprint density at radius 3 is 2.47 bits per heavy atom. The van der Waals surface area contributed by atoms with E-state index in [4.69, 9.17) is 10.5 Å². The van der Waals surface area contributed by atoms with E-state index in [1.54, 1.807) is 29.6 Å². The Balaban J connectivity index is 0.00000256. The summed E-state index contributed by atoms with van der Waals surface area (Å²) in [5.74, 6) is -2.95. The molecule has 0 spiro atoms. The third-order valence-electron chi connectivity index (χ3n) is 4.85. The third kappa shape index (κ3) is 3.27. The molecule has 5 nitrogen and oxygen atoms in total. The van der Waals surface area contributed by atoms with Crippen molar-refractivity contribution >= 4 is 41.3 Å². The van der Waals surface area contributed by atoms with Gasteiger partial charge >= 0.3 is 5.97 Å². The number of carbonyl (C=O) groups excluding carboxylic acids is 2. The Morgan fingerprint density at radius 2 is 1.87 bits per heavy atom. The Morgan fingerprint density at radius 1 is 1.17 bits per heavy atom. The molecule has 0 radical (unpaired) electrons. The zero-order chi connectivity index (χ0) is 20.8. The lowest BCUT2D eigenvalue weighted by atomic mass is 9.74. The van der Waals surface area contributed by atoms with E-state index in [1.807, 2.05) is 0 Å². The summed E-state index contributed by atoms with van der Waals surface area (Å²) in [6, 6.07) is 11.5. The van der Waals surface area contributed by atoms with Crippen LogP contribution in [0.2, 0.25) is 0 Å². The number of hydrogen-bond donors (Lipinski definition) is 2. The predicted octanol–water partition coefficient (Wildman–Crippen LogP) is 3.99. The van der Waals surface area contributed by atoms with E-state index in [2.05, 4.69) is 5.32 Å². The van der Waals surface area contributed by atoms with Gasteiger partial charge in [-0.2, -0.15) is 0 Å². The molecule has 2 atom stereocenters. The highest BCUT2D eigenvalue weighted by atomic mass is 35.5. The summed E-state index contributed by atoms with van der Waals surface area (Å²) >= 11 is 1.33. The van der Waals surface area contributed by atoms with Gasteiger partial charge in [0.15, 0.2) is 11.6 Å². The molecule has 0 aliphatic carbocycles. The quantitative estimate of drug-likeness (QED) is 0.465. The molecule has 1 amide bonds. The average molecular weight is 451 g/mol. The normalized spacial score (nSPS) is 18.2. The zero-order valence-electron chi connectivity index (χ0n) is 15.6. The van der Waals surface area contributed by atoms with Crippen molar-refractivity contribution in [2.75, 3.05) is 5.32 Å². The molecular weight excluding hydrogens is 434 g/mol. The van der Waals surface area contributed by atoms with Crippen molar-refractivity contribution in [3.05, 3.63) is 81.5 Å². The van der Waals surface area contributed by atoms with Gasteiger partial charge in [0, 0.05) is 10.4 Å². The lowest BCUT2D eigenvalue weighted by Crippen LogP contribution is -2.36. The van der Waals surface area contributed by atoms with Gasteiger partial charge in [0.2, 0.25) is 5.91 Å². The number of thiophene rings is 1. The van der Waals surface area contributed by atoms with Crippen molar-refractivity contribution < 1.29 is 23.1 Å². The van der Waals surface area contributed by atoms with Gasteiger partial charge in [-0.15, -0.1) is 23.7 Å². The van der Waals surface area contributed by atoms with Crippen LogP contribution >= 0.6 is 23.7 Å². The Bertz CT molecular complexity index is 1100. The molecular formula is C21H17ClF2N2O3S. The van der Waals surface area contributed by atoms with Crippen molar-refractivity contribution in [3.63, 3.8) is 0 Å². The maximum atomic E-state index is 14.4. The first-order valence-electron chi connectivity index (χ1n) is 8.77. The molecule has 3 aromatic rings. The summed E-state index contributed by atoms with van der Waals surface area (Å²) in [5.41, 5.74) is 4.84. The summed E-state index contributed by atoms with van der Waals surface area (Å²) in [7, 11) is 0. The molecule has 0 fully saturated rings. The largest absolute Gasteiger partial charge is 0.425 e. The monoisotopic (exact) mass is 450 g/mol. The first kappa shape index (κ1) is 21.9.